The average molecular weight is 374 g/mol. The van der Waals surface area contributed by atoms with Gasteiger partial charge in [0.1, 0.15) is 0 Å². The van der Waals surface area contributed by atoms with E-state index in [-0.39, 0.29) is 6.42 Å². The first-order chi connectivity index (χ1) is 13.0. The van der Waals surface area contributed by atoms with E-state index in [1.807, 2.05) is 19.1 Å². The second kappa shape index (κ2) is 17.0. The highest BCUT2D eigenvalue weighted by atomic mass is 16.4. The van der Waals surface area contributed by atoms with Gasteiger partial charge in [-0.25, -0.2) is 0 Å². The van der Waals surface area contributed by atoms with Crippen LogP contribution in [0.4, 0.5) is 0 Å². The summed E-state index contributed by atoms with van der Waals surface area (Å²) in [5, 5.41) is 37.6. The van der Waals surface area contributed by atoms with Crippen LogP contribution in [0.2, 0.25) is 0 Å². The molecule has 0 aliphatic heterocycles. The zero-order chi connectivity index (χ0) is 20.3. The molecular formula is C22H30O5. The number of carbonyl (C=O) groups is 1. The van der Waals surface area contributed by atoms with Crippen LogP contribution in [0.3, 0.4) is 0 Å². The molecule has 148 valence electrons. The average Bonchev–Trinajstić information content (AvgIpc) is 2.63. The molecule has 0 amide bonds. The Balaban J connectivity index is 4.09. The lowest BCUT2D eigenvalue weighted by atomic mass is 10.1. The van der Waals surface area contributed by atoms with Crippen LogP contribution in [-0.2, 0) is 4.79 Å². The van der Waals surface area contributed by atoms with Crippen molar-refractivity contribution in [2.24, 2.45) is 0 Å². The smallest absolute Gasteiger partial charge is 0.303 e. The number of carboxylic acids is 1. The fourth-order valence-corrected chi connectivity index (χ4v) is 1.85. The maximum atomic E-state index is 10.3. The number of allylic oxidation sites excluding steroid dienone is 6. The number of aliphatic hydroxyl groups excluding tert-OH is 3. The van der Waals surface area contributed by atoms with Crippen LogP contribution in [0.5, 0.6) is 0 Å². The van der Waals surface area contributed by atoms with Crippen molar-refractivity contribution in [1.82, 2.24) is 0 Å². The molecule has 0 radical (unpaired) electrons. The molecule has 0 spiro atoms. The van der Waals surface area contributed by atoms with Gasteiger partial charge in [-0.3, -0.25) is 4.79 Å². The Morgan fingerprint density at radius 2 is 1.63 bits per heavy atom. The number of rotatable bonds is 12. The van der Waals surface area contributed by atoms with Crippen LogP contribution >= 0.6 is 0 Å². The summed E-state index contributed by atoms with van der Waals surface area (Å²) in [6, 6.07) is 0. The molecule has 3 unspecified atom stereocenters. The number of aliphatic hydroxyl groups is 3. The van der Waals surface area contributed by atoms with Gasteiger partial charge in [0, 0.05) is 6.42 Å². The zero-order valence-electron chi connectivity index (χ0n) is 15.7. The zero-order valence-corrected chi connectivity index (χ0v) is 15.7. The number of aliphatic carboxylic acids is 1. The molecule has 0 aliphatic rings. The predicted molar refractivity (Wildman–Crippen MR) is 108 cm³/mol. The van der Waals surface area contributed by atoms with Crippen LogP contribution in [0.15, 0.2) is 60.8 Å². The third kappa shape index (κ3) is 16.8. The van der Waals surface area contributed by atoms with Crippen LogP contribution in [0, 0.1) is 11.8 Å². The van der Waals surface area contributed by atoms with Crippen molar-refractivity contribution < 1.29 is 25.2 Å². The Morgan fingerprint density at radius 3 is 2.33 bits per heavy atom. The molecule has 0 fully saturated rings. The van der Waals surface area contributed by atoms with E-state index in [1.54, 1.807) is 42.5 Å². The second-order valence-electron chi connectivity index (χ2n) is 5.77. The minimum atomic E-state index is -0.928. The fourth-order valence-electron chi connectivity index (χ4n) is 1.85. The molecule has 0 saturated heterocycles. The van der Waals surface area contributed by atoms with Gasteiger partial charge < -0.3 is 20.4 Å². The van der Waals surface area contributed by atoms with Gasteiger partial charge in [0.15, 0.2) is 0 Å². The van der Waals surface area contributed by atoms with Crippen molar-refractivity contribution in [1.29, 1.82) is 0 Å². The van der Waals surface area contributed by atoms with E-state index in [4.69, 9.17) is 5.11 Å². The maximum Gasteiger partial charge on any atom is 0.303 e. The topological polar surface area (TPSA) is 98.0 Å². The first-order valence-corrected chi connectivity index (χ1v) is 9.04. The molecule has 0 aromatic heterocycles. The maximum absolute atomic E-state index is 10.3. The van der Waals surface area contributed by atoms with Crippen LogP contribution in [0.25, 0.3) is 0 Å². The van der Waals surface area contributed by atoms with Crippen molar-refractivity contribution in [3.8, 4) is 11.8 Å². The molecule has 0 bridgehead atoms. The lowest BCUT2D eigenvalue weighted by Crippen LogP contribution is -2.22. The summed E-state index contributed by atoms with van der Waals surface area (Å²) in [5.41, 5.74) is 0. The summed E-state index contributed by atoms with van der Waals surface area (Å²) < 4.78 is 0. The molecule has 5 heteroatoms. The molecule has 27 heavy (non-hydrogen) atoms. The van der Waals surface area contributed by atoms with Gasteiger partial charge in [0.2, 0.25) is 0 Å². The Bertz CT molecular complexity index is 602. The number of hydrogen-bond donors (Lipinski definition) is 4. The van der Waals surface area contributed by atoms with Crippen molar-refractivity contribution in [3.63, 3.8) is 0 Å². The summed E-state index contributed by atoms with van der Waals surface area (Å²) in [7, 11) is 0. The van der Waals surface area contributed by atoms with E-state index in [1.165, 1.54) is 6.08 Å². The number of carboxylic acid groups (broad SMARTS) is 1. The molecule has 0 rings (SSSR count). The van der Waals surface area contributed by atoms with Gasteiger partial charge in [-0.1, -0.05) is 61.3 Å². The van der Waals surface area contributed by atoms with Gasteiger partial charge in [-0.2, -0.15) is 0 Å². The lowest BCUT2D eigenvalue weighted by Gasteiger charge is -2.11. The lowest BCUT2D eigenvalue weighted by molar-refractivity contribution is -0.136. The van der Waals surface area contributed by atoms with Crippen molar-refractivity contribution in [2.45, 2.75) is 57.3 Å². The van der Waals surface area contributed by atoms with Crippen molar-refractivity contribution >= 4 is 5.97 Å². The fraction of sp³-hybridized carbons (Fsp3) is 0.409. The molecule has 3 atom stereocenters. The summed E-state index contributed by atoms with van der Waals surface area (Å²) in [6.45, 7) is 2.00. The molecule has 4 N–H and O–H groups in total. The van der Waals surface area contributed by atoms with E-state index < -0.39 is 24.3 Å². The second-order valence-corrected chi connectivity index (χ2v) is 5.77. The van der Waals surface area contributed by atoms with Gasteiger partial charge >= 0.3 is 5.97 Å². The molecule has 0 heterocycles. The van der Waals surface area contributed by atoms with E-state index in [2.05, 4.69) is 11.8 Å². The third-order valence-corrected chi connectivity index (χ3v) is 3.33. The minimum absolute atomic E-state index is 0.0839. The van der Waals surface area contributed by atoms with E-state index >= 15 is 0 Å². The Hall–Kier alpha value is -2.39. The number of hydrogen-bond acceptors (Lipinski definition) is 4. The normalized spacial score (nSPS) is 15.7. The van der Waals surface area contributed by atoms with Crippen molar-refractivity contribution in [3.05, 3.63) is 60.8 Å². The van der Waals surface area contributed by atoms with E-state index in [9.17, 15) is 20.1 Å². The Kier molecular flexibility index (Phi) is 15.5. The molecule has 0 saturated carbocycles. The molecule has 0 aliphatic carbocycles. The largest absolute Gasteiger partial charge is 0.481 e. The highest BCUT2D eigenvalue weighted by Gasteiger charge is 2.10. The summed E-state index contributed by atoms with van der Waals surface area (Å²) in [5.74, 6) is 4.66. The molecule has 0 aromatic carbocycles. The SMILES string of the molecule is CC/C=C\CC(O)C(O)/C=C/C=C/C#C/C=C/C(O)C/C=C\CCC(=O)O. The summed E-state index contributed by atoms with van der Waals surface area (Å²) >= 11 is 0. The molecular weight excluding hydrogens is 344 g/mol. The summed E-state index contributed by atoms with van der Waals surface area (Å²) in [4.78, 5) is 10.3. The Labute approximate surface area is 161 Å². The van der Waals surface area contributed by atoms with Gasteiger partial charge in [0.05, 0.1) is 18.3 Å². The minimum Gasteiger partial charge on any atom is -0.481 e. The standard InChI is InChI=1S/C22H30O5/c1-2-3-9-16-20(24)21(25)17-12-7-5-4-6-10-14-19(23)15-11-8-13-18-22(26)27/h3,5,7-12,14,17,19-21,23-25H,2,13,15-16,18H2,1H3,(H,26,27)/b7-5+,9-3-,11-8-,14-10+,17-12+. The predicted octanol–water partition coefficient (Wildman–Crippen LogP) is 2.91. The van der Waals surface area contributed by atoms with Crippen LogP contribution < -0.4 is 0 Å². The van der Waals surface area contributed by atoms with Crippen LogP contribution in [-0.4, -0.2) is 44.7 Å². The quantitative estimate of drug-likeness (QED) is 0.239. The van der Waals surface area contributed by atoms with Gasteiger partial charge in [-0.05, 0) is 43.9 Å². The summed E-state index contributed by atoms with van der Waals surface area (Å²) in [6.07, 6.45) is 16.5. The Morgan fingerprint density at radius 1 is 0.926 bits per heavy atom. The molecule has 0 aromatic rings. The van der Waals surface area contributed by atoms with Crippen LogP contribution in [0.1, 0.15) is 39.0 Å². The molecule has 5 nitrogen and oxygen atoms in total. The van der Waals surface area contributed by atoms with Gasteiger partial charge in [0.25, 0.3) is 0 Å². The first kappa shape index (κ1) is 24.6. The van der Waals surface area contributed by atoms with E-state index in [0.29, 0.717) is 19.3 Å². The highest BCUT2D eigenvalue weighted by molar-refractivity contribution is 5.66. The monoisotopic (exact) mass is 374 g/mol. The third-order valence-electron chi connectivity index (χ3n) is 3.33. The first-order valence-electron chi connectivity index (χ1n) is 9.04. The van der Waals surface area contributed by atoms with Crippen molar-refractivity contribution in [2.75, 3.05) is 0 Å². The highest BCUT2D eigenvalue weighted by Crippen LogP contribution is 2.02. The van der Waals surface area contributed by atoms with E-state index in [0.717, 1.165) is 6.42 Å². The van der Waals surface area contributed by atoms with Gasteiger partial charge in [-0.15, -0.1) is 0 Å².